The standard InChI is InChI=1S/C19H18N2O4/c1-24-14-6-4-13(5-7-14)17-10-8-15(25-17)9-11-18(23)21-19-16(22)3-2-12-20-19/h2-8,10,12,22H,9,11H2,1H3,(H,20,21,23). The first-order valence-electron chi connectivity index (χ1n) is 7.82. The van der Waals surface area contributed by atoms with E-state index < -0.39 is 0 Å². The Balaban J connectivity index is 1.58. The first-order chi connectivity index (χ1) is 12.2. The van der Waals surface area contributed by atoms with Crippen molar-refractivity contribution in [1.29, 1.82) is 0 Å². The summed E-state index contributed by atoms with van der Waals surface area (Å²) in [6.45, 7) is 0. The number of hydrogen-bond donors (Lipinski definition) is 2. The van der Waals surface area contributed by atoms with Gasteiger partial charge in [-0.25, -0.2) is 4.98 Å². The zero-order valence-corrected chi connectivity index (χ0v) is 13.7. The number of carbonyl (C=O) groups excluding carboxylic acids is 1. The van der Waals surface area contributed by atoms with Gasteiger partial charge in [0.05, 0.1) is 7.11 Å². The molecule has 0 aliphatic carbocycles. The molecule has 3 aromatic rings. The Kier molecular flexibility index (Phi) is 4.99. The lowest BCUT2D eigenvalue weighted by Gasteiger charge is -2.05. The molecule has 0 saturated heterocycles. The molecule has 0 aliphatic heterocycles. The highest BCUT2D eigenvalue weighted by Gasteiger charge is 2.10. The molecule has 2 N–H and O–H groups in total. The van der Waals surface area contributed by atoms with Gasteiger partial charge in [0, 0.05) is 24.6 Å². The third-order valence-electron chi connectivity index (χ3n) is 3.68. The molecular weight excluding hydrogens is 320 g/mol. The van der Waals surface area contributed by atoms with Crippen LogP contribution >= 0.6 is 0 Å². The van der Waals surface area contributed by atoms with Crippen LogP contribution in [0, 0.1) is 0 Å². The predicted octanol–water partition coefficient (Wildman–Crippen LogP) is 3.63. The van der Waals surface area contributed by atoms with Crippen LogP contribution in [0.1, 0.15) is 12.2 Å². The largest absolute Gasteiger partial charge is 0.504 e. The number of anilines is 1. The number of pyridine rings is 1. The van der Waals surface area contributed by atoms with Crippen LogP contribution in [0.5, 0.6) is 11.5 Å². The maximum absolute atomic E-state index is 12.0. The number of furan rings is 1. The lowest BCUT2D eigenvalue weighted by Crippen LogP contribution is -2.13. The topological polar surface area (TPSA) is 84.6 Å². The lowest BCUT2D eigenvalue weighted by molar-refractivity contribution is -0.116. The summed E-state index contributed by atoms with van der Waals surface area (Å²) in [6.07, 6.45) is 2.18. The molecule has 6 nitrogen and oxygen atoms in total. The second-order valence-corrected chi connectivity index (χ2v) is 5.41. The number of aryl methyl sites for hydroxylation is 1. The van der Waals surface area contributed by atoms with Gasteiger partial charge in [-0.3, -0.25) is 4.79 Å². The molecule has 0 radical (unpaired) electrons. The number of rotatable bonds is 6. The Bertz CT molecular complexity index is 856. The molecule has 128 valence electrons. The quantitative estimate of drug-likeness (QED) is 0.717. The van der Waals surface area contributed by atoms with E-state index in [1.165, 1.54) is 12.3 Å². The Morgan fingerprint density at radius 1 is 1.20 bits per heavy atom. The maximum Gasteiger partial charge on any atom is 0.226 e. The summed E-state index contributed by atoms with van der Waals surface area (Å²) in [7, 11) is 1.62. The smallest absolute Gasteiger partial charge is 0.226 e. The van der Waals surface area contributed by atoms with Gasteiger partial charge in [-0.15, -0.1) is 0 Å². The van der Waals surface area contributed by atoms with Crippen LogP contribution in [-0.2, 0) is 11.2 Å². The van der Waals surface area contributed by atoms with Gasteiger partial charge in [-0.1, -0.05) is 0 Å². The van der Waals surface area contributed by atoms with Crippen molar-refractivity contribution >= 4 is 11.7 Å². The van der Waals surface area contributed by atoms with Crippen molar-refractivity contribution in [3.05, 3.63) is 60.5 Å². The molecule has 25 heavy (non-hydrogen) atoms. The number of amides is 1. The van der Waals surface area contributed by atoms with E-state index in [1.54, 1.807) is 13.2 Å². The minimum absolute atomic E-state index is 0.0596. The van der Waals surface area contributed by atoms with Gasteiger partial charge in [0.2, 0.25) is 5.91 Å². The van der Waals surface area contributed by atoms with Crippen molar-refractivity contribution in [3.63, 3.8) is 0 Å². The maximum atomic E-state index is 12.0. The number of benzene rings is 1. The van der Waals surface area contributed by atoms with E-state index in [0.717, 1.165) is 17.1 Å². The average molecular weight is 338 g/mol. The molecule has 1 aromatic carbocycles. The van der Waals surface area contributed by atoms with Crippen LogP contribution in [0.15, 0.2) is 59.1 Å². The first-order valence-corrected chi connectivity index (χ1v) is 7.82. The molecular formula is C19H18N2O4. The van der Waals surface area contributed by atoms with Crippen molar-refractivity contribution < 1.29 is 19.1 Å². The molecule has 0 spiro atoms. The average Bonchev–Trinajstić information content (AvgIpc) is 3.11. The minimum Gasteiger partial charge on any atom is -0.504 e. The van der Waals surface area contributed by atoms with Crippen LogP contribution in [0.25, 0.3) is 11.3 Å². The van der Waals surface area contributed by atoms with Crippen LogP contribution in [0.3, 0.4) is 0 Å². The van der Waals surface area contributed by atoms with Crippen LogP contribution in [-0.4, -0.2) is 23.1 Å². The number of ether oxygens (including phenoxy) is 1. The number of hydrogen-bond acceptors (Lipinski definition) is 5. The Morgan fingerprint density at radius 3 is 2.72 bits per heavy atom. The van der Waals surface area contributed by atoms with Gasteiger partial charge in [0.25, 0.3) is 0 Å². The van der Waals surface area contributed by atoms with Crippen molar-refractivity contribution in [2.45, 2.75) is 12.8 Å². The zero-order chi connectivity index (χ0) is 17.6. The summed E-state index contributed by atoms with van der Waals surface area (Å²) in [4.78, 5) is 15.9. The van der Waals surface area contributed by atoms with E-state index >= 15 is 0 Å². The van der Waals surface area contributed by atoms with Gasteiger partial charge < -0.3 is 19.6 Å². The summed E-state index contributed by atoms with van der Waals surface area (Å²) < 4.78 is 10.9. The number of carbonyl (C=O) groups is 1. The summed E-state index contributed by atoms with van der Waals surface area (Å²) in [6, 6.07) is 14.3. The monoisotopic (exact) mass is 338 g/mol. The molecule has 0 saturated carbocycles. The molecule has 6 heteroatoms. The van der Waals surface area contributed by atoms with E-state index in [9.17, 15) is 9.90 Å². The van der Waals surface area contributed by atoms with Crippen molar-refractivity contribution in [2.75, 3.05) is 12.4 Å². The fourth-order valence-electron chi connectivity index (χ4n) is 2.35. The number of methoxy groups -OCH3 is 1. The third kappa shape index (κ3) is 4.17. The van der Waals surface area contributed by atoms with Crippen LogP contribution in [0.4, 0.5) is 5.82 Å². The summed E-state index contributed by atoms with van der Waals surface area (Å²) >= 11 is 0. The molecule has 0 bridgehead atoms. The second-order valence-electron chi connectivity index (χ2n) is 5.41. The predicted molar refractivity (Wildman–Crippen MR) is 93.5 cm³/mol. The lowest BCUT2D eigenvalue weighted by atomic mass is 10.2. The summed E-state index contributed by atoms with van der Waals surface area (Å²) in [5, 5.41) is 12.2. The van der Waals surface area contributed by atoms with Gasteiger partial charge >= 0.3 is 0 Å². The van der Waals surface area contributed by atoms with Gasteiger partial charge in [0.1, 0.15) is 17.3 Å². The highest BCUT2D eigenvalue weighted by molar-refractivity contribution is 5.91. The minimum atomic E-state index is -0.239. The van der Waals surface area contributed by atoms with E-state index in [-0.39, 0.29) is 23.9 Å². The van der Waals surface area contributed by atoms with Crippen LogP contribution < -0.4 is 10.1 Å². The molecule has 0 fully saturated rings. The van der Waals surface area contributed by atoms with E-state index in [1.807, 2.05) is 36.4 Å². The number of aromatic hydroxyl groups is 1. The molecule has 0 atom stereocenters. The Morgan fingerprint density at radius 2 is 2.00 bits per heavy atom. The van der Waals surface area contributed by atoms with Crippen molar-refractivity contribution in [1.82, 2.24) is 4.98 Å². The van der Waals surface area contributed by atoms with E-state index in [0.29, 0.717) is 12.2 Å². The van der Waals surface area contributed by atoms with E-state index in [4.69, 9.17) is 9.15 Å². The SMILES string of the molecule is COc1ccc(-c2ccc(CCC(=O)Nc3ncccc3O)o2)cc1. The Labute approximate surface area is 145 Å². The fraction of sp³-hybridized carbons (Fsp3) is 0.158. The number of nitrogens with zero attached hydrogens (tertiary/aromatic N) is 1. The van der Waals surface area contributed by atoms with Crippen molar-refractivity contribution in [3.8, 4) is 22.8 Å². The summed E-state index contributed by atoms with van der Waals surface area (Å²) in [5.74, 6) is 2.09. The zero-order valence-electron chi connectivity index (χ0n) is 13.7. The molecule has 1 amide bonds. The molecule has 0 unspecified atom stereocenters. The molecule has 0 aliphatic rings. The van der Waals surface area contributed by atoms with Gasteiger partial charge in [-0.2, -0.15) is 0 Å². The fourth-order valence-corrected chi connectivity index (χ4v) is 2.35. The van der Waals surface area contributed by atoms with Gasteiger partial charge in [0.15, 0.2) is 11.6 Å². The number of nitrogens with one attached hydrogen (secondary N) is 1. The Hall–Kier alpha value is -3.28. The highest BCUT2D eigenvalue weighted by Crippen LogP contribution is 2.25. The highest BCUT2D eigenvalue weighted by atomic mass is 16.5. The third-order valence-corrected chi connectivity index (χ3v) is 3.68. The summed E-state index contributed by atoms with van der Waals surface area (Å²) in [5.41, 5.74) is 0.940. The number of aromatic nitrogens is 1. The normalized spacial score (nSPS) is 10.4. The second kappa shape index (κ2) is 7.53. The van der Waals surface area contributed by atoms with Gasteiger partial charge in [-0.05, 0) is 48.5 Å². The van der Waals surface area contributed by atoms with E-state index in [2.05, 4.69) is 10.3 Å². The molecule has 2 aromatic heterocycles. The van der Waals surface area contributed by atoms with Crippen LogP contribution in [0.2, 0.25) is 0 Å². The first kappa shape index (κ1) is 16.6. The molecule has 3 rings (SSSR count). The molecule has 2 heterocycles. The van der Waals surface area contributed by atoms with Crippen molar-refractivity contribution in [2.24, 2.45) is 0 Å².